The Kier molecular flexibility index (Phi) is 5.12. The second-order valence-electron chi connectivity index (χ2n) is 4.99. The highest BCUT2D eigenvalue weighted by Gasteiger charge is 2.13. The first-order valence-electron chi connectivity index (χ1n) is 6.85. The van der Waals surface area contributed by atoms with Crippen molar-refractivity contribution in [1.29, 1.82) is 0 Å². The largest absolute Gasteiger partial charge is 0.326 e. The Morgan fingerprint density at radius 2 is 1.76 bits per heavy atom. The Balaban J connectivity index is 2.01. The van der Waals surface area contributed by atoms with Crippen LogP contribution in [0.3, 0.4) is 0 Å². The first-order valence-corrected chi connectivity index (χ1v) is 8.34. The third kappa shape index (κ3) is 4.39. The fraction of sp³-hybridized carbons (Fsp3) is 0.250. The van der Waals surface area contributed by atoms with E-state index in [4.69, 9.17) is 5.73 Å². The molecule has 5 heteroatoms. The number of rotatable bonds is 6. The number of hydrogen-bond donors (Lipinski definition) is 2. The maximum absolute atomic E-state index is 12.2. The molecule has 0 aliphatic carbocycles. The van der Waals surface area contributed by atoms with Gasteiger partial charge in [-0.3, -0.25) is 0 Å². The van der Waals surface area contributed by atoms with E-state index in [0.717, 1.165) is 11.1 Å². The lowest BCUT2D eigenvalue weighted by atomic mass is 10.1. The molecule has 4 nitrogen and oxygen atoms in total. The molecular formula is C16H20N2O2S. The van der Waals surface area contributed by atoms with Gasteiger partial charge >= 0.3 is 0 Å². The van der Waals surface area contributed by atoms with Crippen LogP contribution < -0.4 is 10.5 Å². The highest BCUT2D eigenvalue weighted by molar-refractivity contribution is 7.89. The van der Waals surface area contributed by atoms with Crippen LogP contribution in [0.15, 0.2) is 53.4 Å². The molecule has 0 spiro atoms. The van der Waals surface area contributed by atoms with Crippen LogP contribution in [0.2, 0.25) is 0 Å². The van der Waals surface area contributed by atoms with Crippen LogP contribution in [0.1, 0.15) is 16.7 Å². The molecule has 0 unspecified atom stereocenters. The van der Waals surface area contributed by atoms with Crippen molar-refractivity contribution >= 4 is 10.0 Å². The van der Waals surface area contributed by atoms with E-state index < -0.39 is 10.0 Å². The number of benzene rings is 2. The lowest BCUT2D eigenvalue weighted by molar-refractivity contribution is 0.581. The highest BCUT2D eigenvalue weighted by Crippen LogP contribution is 2.11. The molecule has 0 aliphatic rings. The van der Waals surface area contributed by atoms with Crippen molar-refractivity contribution in [3.05, 3.63) is 65.2 Å². The third-order valence-corrected chi connectivity index (χ3v) is 4.69. The summed E-state index contributed by atoms with van der Waals surface area (Å²) in [5.74, 6) is 0. The van der Waals surface area contributed by atoms with Gasteiger partial charge in [0, 0.05) is 13.1 Å². The minimum Gasteiger partial charge on any atom is -0.326 e. The SMILES string of the molecule is Cc1cccc(CCNS(=O)(=O)c2cccc(CN)c2)c1. The molecule has 0 atom stereocenters. The first kappa shape index (κ1) is 15.7. The summed E-state index contributed by atoms with van der Waals surface area (Å²) in [6, 6.07) is 14.8. The van der Waals surface area contributed by atoms with Crippen LogP contribution >= 0.6 is 0 Å². The molecule has 0 fully saturated rings. The second-order valence-corrected chi connectivity index (χ2v) is 6.76. The lowest BCUT2D eigenvalue weighted by Crippen LogP contribution is -2.26. The molecule has 3 N–H and O–H groups in total. The van der Waals surface area contributed by atoms with E-state index in [1.807, 2.05) is 31.2 Å². The second kappa shape index (κ2) is 6.85. The molecule has 0 saturated heterocycles. The summed E-state index contributed by atoms with van der Waals surface area (Å²) in [5, 5.41) is 0. The summed E-state index contributed by atoms with van der Waals surface area (Å²) in [4.78, 5) is 0.259. The summed E-state index contributed by atoms with van der Waals surface area (Å²) in [6.07, 6.45) is 0.664. The van der Waals surface area contributed by atoms with Gasteiger partial charge in [-0.15, -0.1) is 0 Å². The number of nitrogens with two attached hydrogens (primary N) is 1. The molecule has 2 aromatic carbocycles. The van der Waals surface area contributed by atoms with Gasteiger partial charge in [0.05, 0.1) is 4.90 Å². The predicted molar refractivity (Wildman–Crippen MR) is 84.4 cm³/mol. The number of hydrogen-bond acceptors (Lipinski definition) is 3. The monoisotopic (exact) mass is 304 g/mol. The van der Waals surface area contributed by atoms with Gasteiger partial charge < -0.3 is 5.73 Å². The average molecular weight is 304 g/mol. The van der Waals surface area contributed by atoms with E-state index in [1.54, 1.807) is 18.2 Å². The fourth-order valence-corrected chi connectivity index (χ4v) is 3.22. The van der Waals surface area contributed by atoms with Crippen molar-refractivity contribution in [3.8, 4) is 0 Å². The first-order chi connectivity index (χ1) is 10.0. The average Bonchev–Trinajstić information content (AvgIpc) is 2.47. The summed E-state index contributed by atoms with van der Waals surface area (Å²) in [7, 11) is -3.48. The highest BCUT2D eigenvalue weighted by atomic mass is 32.2. The lowest BCUT2D eigenvalue weighted by Gasteiger charge is -2.08. The van der Waals surface area contributed by atoms with Gasteiger partial charge in [0.1, 0.15) is 0 Å². The van der Waals surface area contributed by atoms with E-state index in [-0.39, 0.29) is 4.90 Å². The van der Waals surface area contributed by atoms with Gasteiger partial charge in [0.2, 0.25) is 10.0 Å². The van der Waals surface area contributed by atoms with E-state index in [9.17, 15) is 8.42 Å². The van der Waals surface area contributed by atoms with Crippen LogP contribution in [0, 0.1) is 6.92 Å². The zero-order valence-corrected chi connectivity index (χ0v) is 12.9. The molecular weight excluding hydrogens is 284 g/mol. The zero-order chi connectivity index (χ0) is 15.3. The third-order valence-electron chi connectivity index (χ3n) is 3.23. The predicted octanol–water partition coefficient (Wildman–Crippen LogP) is 1.97. The molecule has 2 rings (SSSR count). The maximum atomic E-state index is 12.2. The topological polar surface area (TPSA) is 72.2 Å². The number of aryl methyl sites for hydroxylation is 1. The Hall–Kier alpha value is -1.69. The van der Waals surface area contributed by atoms with E-state index in [0.29, 0.717) is 19.5 Å². The quantitative estimate of drug-likeness (QED) is 0.857. The van der Waals surface area contributed by atoms with Crippen LogP contribution in [0.25, 0.3) is 0 Å². The Bertz CT molecular complexity index is 712. The normalized spacial score (nSPS) is 11.5. The van der Waals surface area contributed by atoms with Crippen molar-refractivity contribution in [1.82, 2.24) is 4.72 Å². The van der Waals surface area contributed by atoms with Crippen LogP contribution in [0.5, 0.6) is 0 Å². The molecule has 0 heterocycles. The van der Waals surface area contributed by atoms with Crippen molar-refractivity contribution in [2.24, 2.45) is 5.73 Å². The van der Waals surface area contributed by atoms with Gasteiger partial charge in [-0.2, -0.15) is 0 Å². The Labute approximate surface area is 126 Å². The van der Waals surface area contributed by atoms with E-state index in [1.165, 1.54) is 5.56 Å². The van der Waals surface area contributed by atoms with Gasteiger partial charge in [-0.1, -0.05) is 42.0 Å². The molecule has 0 saturated carbocycles. The van der Waals surface area contributed by atoms with Crippen molar-refractivity contribution in [2.45, 2.75) is 24.8 Å². The van der Waals surface area contributed by atoms with Gasteiger partial charge in [-0.25, -0.2) is 13.1 Å². The zero-order valence-electron chi connectivity index (χ0n) is 12.0. The summed E-state index contributed by atoms with van der Waals surface area (Å²) < 4.78 is 27.0. The number of sulfonamides is 1. The number of nitrogens with one attached hydrogen (secondary N) is 1. The molecule has 0 aliphatic heterocycles. The maximum Gasteiger partial charge on any atom is 0.240 e. The van der Waals surface area contributed by atoms with Gasteiger partial charge in [0.15, 0.2) is 0 Å². The summed E-state index contributed by atoms with van der Waals surface area (Å²) in [6.45, 7) is 2.72. The fourth-order valence-electron chi connectivity index (χ4n) is 2.12. The van der Waals surface area contributed by atoms with Crippen molar-refractivity contribution in [3.63, 3.8) is 0 Å². The van der Waals surface area contributed by atoms with Crippen LogP contribution in [0.4, 0.5) is 0 Å². The minimum atomic E-state index is -3.48. The molecule has 2 aromatic rings. The summed E-state index contributed by atoms with van der Waals surface area (Å²) in [5.41, 5.74) is 8.63. The Morgan fingerprint density at radius 3 is 2.48 bits per heavy atom. The Morgan fingerprint density at radius 1 is 1.05 bits per heavy atom. The minimum absolute atomic E-state index is 0.259. The van der Waals surface area contributed by atoms with Gasteiger partial charge in [0.25, 0.3) is 0 Å². The molecule has 0 amide bonds. The standard InChI is InChI=1S/C16H20N2O2S/c1-13-4-2-5-14(10-13)8-9-18-21(19,20)16-7-3-6-15(11-16)12-17/h2-7,10-11,18H,8-9,12,17H2,1H3. The van der Waals surface area contributed by atoms with Crippen LogP contribution in [-0.2, 0) is 23.0 Å². The molecule has 0 radical (unpaired) electrons. The van der Waals surface area contributed by atoms with E-state index in [2.05, 4.69) is 10.8 Å². The molecule has 0 aromatic heterocycles. The molecule has 0 bridgehead atoms. The van der Waals surface area contributed by atoms with Crippen molar-refractivity contribution < 1.29 is 8.42 Å². The van der Waals surface area contributed by atoms with Gasteiger partial charge in [-0.05, 0) is 36.6 Å². The van der Waals surface area contributed by atoms with E-state index >= 15 is 0 Å². The van der Waals surface area contributed by atoms with Crippen molar-refractivity contribution in [2.75, 3.05) is 6.54 Å². The smallest absolute Gasteiger partial charge is 0.240 e. The summed E-state index contributed by atoms with van der Waals surface area (Å²) >= 11 is 0. The molecule has 112 valence electrons. The van der Waals surface area contributed by atoms with Crippen LogP contribution in [-0.4, -0.2) is 15.0 Å². The molecule has 21 heavy (non-hydrogen) atoms.